The summed E-state index contributed by atoms with van der Waals surface area (Å²) in [5, 5.41) is 2.62. The lowest BCUT2D eigenvalue weighted by Crippen LogP contribution is -2.14. The van der Waals surface area contributed by atoms with Gasteiger partial charge >= 0.3 is 0 Å². The van der Waals surface area contributed by atoms with E-state index >= 15 is 0 Å². The number of nitrogens with one attached hydrogen (secondary N) is 1. The fourth-order valence-electron chi connectivity index (χ4n) is 1.19. The Morgan fingerprint density at radius 2 is 1.81 bits per heavy atom. The summed E-state index contributed by atoms with van der Waals surface area (Å²) in [7, 11) is 0. The monoisotopic (exact) mass is 352 g/mol. The molecule has 2 rings (SSSR count). The van der Waals surface area contributed by atoms with Gasteiger partial charge in [-0.05, 0) is 40.2 Å². The van der Waals surface area contributed by atoms with Crippen LogP contribution in [0.3, 0.4) is 0 Å². The number of pyridine rings is 2. The molecule has 0 aliphatic rings. The van der Waals surface area contributed by atoms with Crippen molar-refractivity contribution in [3.05, 3.63) is 46.8 Å². The third kappa shape index (κ3) is 6.85. The summed E-state index contributed by atoms with van der Waals surface area (Å²) in [6, 6.07) is 8.40. The Bertz CT molecular complexity index is 544. The molecule has 0 fully saturated rings. The van der Waals surface area contributed by atoms with Crippen molar-refractivity contribution in [1.29, 1.82) is 0 Å². The lowest BCUT2D eigenvalue weighted by atomic mass is 10.3. The molecule has 0 atom stereocenters. The van der Waals surface area contributed by atoms with E-state index < -0.39 is 0 Å². The predicted octanol–water partition coefficient (Wildman–Crippen LogP) is 4.13. The number of hydrogen-bond donors (Lipinski definition) is 2. The van der Waals surface area contributed by atoms with Gasteiger partial charge in [0.15, 0.2) is 0 Å². The van der Waals surface area contributed by atoms with Crippen molar-refractivity contribution in [3.63, 3.8) is 0 Å². The number of nitrogens with zero attached hydrogens (tertiary/aromatic N) is 2. The second-order valence-electron chi connectivity index (χ2n) is 3.28. The largest absolute Gasteiger partial charge is 0.397 e. The number of aromatic nitrogens is 2. The predicted molar refractivity (Wildman–Crippen MR) is 91.2 cm³/mol. The van der Waals surface area contributed by atoms with Crippen LogP contribution < -0.4 is 11.1 Å². The molecular weight excluding hydrogens is 332 g/mol. The number of nitrogens with two attached hydrogens (primary N) is 1. The maximum Gasteiger partial charge on any atom is 0.275 e. The molecule has 2 aromatic heterocycles. The van der Waals surface area contributed by atoms with Gasteiger partial charge in [0.1, 0.15) is 16.1 Å². The van der Waals surface area contributed by atoms with Crippen molar-refractivity contribution >= 4 is 33.3 Å². The molecule has 5 nitrogen and oxygen atoms in total. The van der Waals surface area contributed by atoms with Gasteiger partial charge < -0.3 is 11.1 Å². The van der Waals surface area contributed by atoms with Crippen molar-refractivity contribution in [1.82, 2.24) is 9.97 Å². The number of carbonyl (C=O) groups is 1. The Hall–Kier alpha value is -1.95. The molecule has 0 saturated heterocycles. The standard InChI is InChI=1S/C11H9BrN4O.2C2H6/c12-9-3-1-2-8(15-9)11(17)16-10-5-4-7(13)6-14-10;2*1-2/h1-6H,13H2,(H,14,16,17);2*1-2H3. The summed E-state index contributed by atoms with van der Waals surface area (Å²) < 4.78 is 0.607. The minimum Gasteiger partial charge on any atom is -0.397 e. The number of halogens is 1. The Labute approximate surface area is 134 Å². The number of amides is 1. The third-order valence-corrected chi connectivity index (χ3v) is 2.42. The van der Waals surface area contributed by atoms with Crippen LogP contribution in [0.15, 0.2) is 41.1 Å². The van der Waals surface area contributed by atoms with Crippen LogP contribution in [0.5, 0.6) is 0 Å². The van der Waals surface area contributed by atoms with E-state index in [1.807, 2.05) is 27.7 Å². The Kier molecular flexibility index (Phi) is 9.79. The summed E-state index contributed by atoms with van der Waals surface area (Å²) in [6.07, 6.45) is 1.48. The lowest BCUT2D eigenvalue weighted by Gasteiger charge is -2.04. The van der Waals surface area contributed by atoms with E-state index in [0.29, 0.717) is 21.8 Å². The molecule has 0 saturated carbocycles. The Morgan fingerprint density at radius 3 is 2.33 bits per heavy atom. The molecule has 0 aliphatic heterocycles. The van der Waals surface area contributed by atoms with E-state index in [0.717, 1.165) is 0 Å². The molecule has 6 heteroatoms. The van der Waals surface area contributed by atoms with Crippen molar-refractivity contribution in [2.24, 2.45) is 0 Å². The molecule has 2 aromatic rings. The van der Waals surface area contributed by atoms with Crippen molar-refractivity contribution < 1.29 is 4.79 Å². The number of nitrogen functional groups attached to an aromatic ring is 1. The molecule has 0 bridgehead atoms. The molecule has 0 radical (unpaired) electrons. The van der Waals surface area contributed by atoms with Crippen LogP contribution in [0.2, 0.25) is 0 Å². The van der Waals surface area contributed by atoms with Gasteiger partial charge in [-0.25, -0.2) is 9.97 Å². The molecule has 0 spiro atoms. The average Bonchev–Trinajstić information content (AvgIpc) is 2.53. The summed E-state index contributed by atoms with van der Waals surface area (Å²) in [5.74, 6) is 0.120. The van der Waals surface area contributed by atoms with Crippen molar-refractivity contribution in [2.75, 3.05) is 11.1 Å². The number of rotatable bonds is 2. The van der Waals surface area contributed by atoms with Gasteiger partial charge in [-0.2, -0.15) is 0 Å². The highest BCUT2D eigenvalue weighted by Crippen LogP contribution is 2.10. The van der Waals surface area contributed by atoms with Crippen molar-refractivity contribution in [2.45, 2.75) is 27.7 Å². The molecule has 21 heavy (non-hydrogen) atoms. The third-order valence-electron chi connectivity index (χ3n) is 1.98. The second-order valence-corrected chi connectivity index (χ2v) is 4.09. The zero-order valence-electron chi connectivity index (χ0n) is 12.7. The van der Waals surface area contributed by atoms with Crippen molar-refractivity contribution in [3.8, 4) is 0 Å². The van der Waals surface area contributed by atoms with E-state index in [1.165, 1.54) is 6.20 Å². The van der Waals surface area contributed by atoms with Gasteiger partial charge in [-0.15, -0.1) is 0 Å². The maximum atomic E-state index is 11.8. The first kappa shape index (κ1) is 19.1. The van der Waals surface area contributed by atoms with Gasteiger partial charge in [-0.3, -0.25) is 4.79 Å². The van der Waals surface area contributed by atoms with Gasteiger partial charge in [0, 0.05) is 0 Å². The Morgan fingerprint density at radius 1 is 1.14 bits per heavy atom. The zero-order valence-corrected chi connectivity index (χ0v) is 14.3. The van der Waals surface area contributed by atoms with Crippen LogP contribution >= 0.6 is 15.9 Å². The molecule has 0 aromatic carbocycles. The molecule has 0 unspecified atom stereocenters. The van der Waals surface area contributed by atoms with Crippen LogP contribution in [0, 0.1) is 0 Å². The van der Waals surface area contributed by atoms with Crippen LogP contribution in [-0.2, 0) is 0 Å². The summed E-state index contributed by atoms with van der Waals surface area (Å²) in [5.41, 5.74) is 6.36. The van der Waals surface area contributed by atoms with E-state index in [1.54, 1.807) is 30.3 Å². The summed E-state index contributed by atoms with van der Waals surface area (Å²) in [4.78, 5) is 19.8. The Balaban J connectivity index is 0.000000921. The molecule has 2 heterocycles. The first-order valence-corrected chi connectivity index (χ1v) is 7.60. The number of anilines is 2. The van der Waals surface area contributed by atoms with Gasteiger partial charge in [0.25, 0.3) is 5.91 Å². The normalized spacial score (nSPS) is 8.62. The average molecular weight is 353 g/mol. The van der Waals surface area contributed by atoms with E-state index in [-0.39, 0.29) is 5.91 Å². The highest BCUT2D eigenvalue weighted by molar-refractivity contribution is 9.10. The topological polar surface area (TPSA) is 80.9 Å². The van der Waals surface area contributed by atoms with Crippen LogP contribution in [0.4, 0.5) is 11.5 Å². The molecule has 0 aliphatic carbocycles. The highest BCUT2D eigenvalue weighted by Gasteiger charge is 2.08. The highest BCUT2D eigenvalue weighted by atomic mass is 79.9. The van der Waals surface area contributed by atoms with Gasteiger partial charge in [0.05, 0.1) is 11.9 Å². The fourth-order valence-corrected chi connectivity index (χ4v) is 1.54. The summed E-state index contributed by atoms with van der Waals surface area (Å²) in [6.45, 7) is 8.00. The SMILES string of the molecule is CC.CC.Nc1ccc(NC(=O)c2cccc(Br)n2)nc1. The van der Waals surface area contributed by atoms with Crippen LogP contribution in [0.1, 0.15) is 38.2 Å². The van der Waals surface area contributed by atoms with E-state index in [4.69, 9.17) is 5.73 Å². The smallest absolute Gasteiger partial charge is 0.275 e. The lowest BCUT2D eigenvalue weighted by molar-refractivity contribution is 0.102. The second kappa shape index (κ2) is 10.8. The quantitative estimate of drug-likeness (QED) is 0.796. The van der Waals surface area contributed by atoms with E-state index in [2.05, 4.69) is 31.2 Å². The molecular formula is C15H21BrN4O. The van der Waals surface area contributed by atoms with Gasteiger partial charge in [-0.1, -0.05) is 33.8 Å². The minimum atomic E-state index is -0.316. The zero-order chi connectivity index (χ0) is 16.3. The minimum absolute atomic E-state index is 0.316. The number of carbonyl (C=O) groups excluding carboxylic acids is 1. The fraction of sp³-hybridized carbons (Fsp3) is 0.267. The molecule has 1 amide bonds. The maximum absolute atomic E-state index is 11.8. The first-order chi connectivity index (χ1) is 10.1. The molecule has 114 valence electrons. The molecule has 3 N–H and O–H groups in total. The van der Waals surface area contributed by atoms with Crippen LogP contribution in [0.25, 0.3) is 0 Å². The van der Waals surface area contributed by atoms with Gasteiger partial charge in [0.2, 0.25) is 0 Å². The van der Waals surface area contributed by atoms with Crippen LogP contribution in [-0.4, -0.2) is 15.9 Å². The van der Waals surface area contributed by atoms with E-state index in [9.17, 15) is 4.79 Å². The number of hydrogen-bond acceptors (Lipinski definition) is 4. The first-order valence-electron chi connectivity index (χ1n) is 6.80. The summed E-state index contributed by atoms with van der Waals surface area (Å²) >= 11 is 3.20.